The van der Waals surface area contributed by atoms with Gasteiger partial charge in [0.2, 0.25) is 0 Å². The van der Waals surface area contributed by atoms with Crippen molar-refractivity contribution in [3.8, 4) is 0 Å². The van der Waals surface area contributed by atoms with E-state index in [1.54, 1.807) is 12.5 Å². The standard InChI is InChI=1S/C15H16N6/c1-10(2)12-5-3-11(4-6-12)7-20-21-15-13-14(17-8-16-13)18-9-19-15/h3-10H,1-2H3,(H2,16,17,18,19,21). The molecule has 2 N–H and O–H groups in total. The fourth-order valence-electron chi connectivity index (χ4n) is 1.98. The zero-order valence-corrected chi connectivity index (χ0v) is 11.9. The van der Waals surface area contributed by atoms with Crippen molar-refractivity contribution in [2.75, 3.05) is 5.43 Å². The van der Waals surface area contributed by atoms with E-state index in [1.165, 1.54) is 11.9 Å². The van der Waals surface area contributed by atoms with Crippen molar-refractivity contribution < 1.29 is 0 Å². The second-order valence-corrected chi connectivity index (χ2v) is 5.01. The first kappa shape index (κ1) is 13.2. The van der Waals surface area contributed by atoms with E-state index in [4.69, 9.17) is 0 Å². The Morgan fingerprint density at radius 1 is 1.14 bits per heavy atom. The summed E-state index contributed by atoms with van der Waals surface area (Å²) in [4.78, 5) is 15.2. The molecule has 0 aliphatic heterocycles. The molecule has 0 saturated carbocycles. The van der Waals surface area contributed by atoms with Crippen LogP contribution in [0.2, 0.25) is 0 Å². The van der Waals surface area contributed by atoms with E-state index in [9.17, 15) is 0 Å². The van der Waals surface area contributed by atoms with Crippen LogP contribution in [-0.2, 0) is 0 Å². The third-order valence-corrected chi connectivity index (χ3v) is 3.21. The number of benzene rings is 1. The first-order valence-corrected chi connectivity index (χ1v) is 6.77. The summed E-state index contributed by atoms with van der Waals surface area (Å²) in [5.74, 6) is 1.14. The Morgan fingerprint density at radius 2 is 1.95 bits per heavy atom. The Balaban J connectivity index is 1.73. The van der Waals surface area contributed by atoms with Crippen LogP contribution in [0.15, 0.2) is 42.0 Å². The summed E-state index contributed by atoms with van der Waals surface area (Å²) >= 11 is 0. The van der Waals surface area contributed by atoms with Crippen LogP contribution in [0, 0.1) is 0 Å². The highest BCUT2D eigenvalue weighted by molar-refractivity contribution is 5.84. The lowest BCUT2D eigenvalue weighted by Crippen LogP contribution is -1.96. The van der Waals surface area contributed by atoms with Crippen LogP contribution in [0.4, 0.5) is 5.82 Å². The van der Waals surface area contributed by atoms with Gasteiger partial charge in [-0.2, -0.15) is 5.10 Å². The minimum atomic E-state index is 0.531. The van der Waals surface area contributed by atoms with Gasteiger partial charge in [0, 0.05) is 0 Å². The molecule has 0 amide bonds. The number of hydrazone groups is 1. The summed E-state index contributed by atoms with van der Waals surface area (Å²) in [6.45, 7) is 4.35. The topological polar surface area (TPSA) is 78.8 Å². The minimum Gasteiger partial charge on any atom is -0.340 e. The summed E-state index contributed by atoms with van der Waals surface area (Å²) in [5.41, 5.74) is 6.61. The zero-order valence-electron chi connectivity index (χ0n) is 11.9. The maximum Gasteiger partial charge on any atom is 0.182 e. The maximum absolute atomic E-state index is 4.20. The second-order valence-electron chi connectivity index (χ2n) is 5.01. The SMILES string of the molecule is CC(C)c1ccc(C=NNc2ncnc3nc[nH]c23)cc1. The highest BCUT2D eigenvalue weighted by Gasteiger charge is 2.03. The molecule has 0 saturated heterocycles. The molecule has 0 aliphatic rings. The van der Waals surface area contributed by atoms with Crippen LogP contribution in [0.3, 0.4) is 0 Å². The van der Waals surface area contributed by atoms with Crippen molar-refractivity contribution in [1.29, 1.82) is 0 Å². The van der Waals surface area contributed by atoms with E-state index >= 15 is 0 Å². The van der Waals surface area contributed by atoms with Gasteiger partial charge in [0.25, 0.3) is 0 Å². The summed E-state index contributed by atoms with van der Waals surface area (Å²) in [5, 5.41) is 4.20. The van der Waals surface area contributed by atoms with Gasteiger partial charge in [-0.3, -0.25) is 5.43 Å². The number of aromatic amines is 1. The lowest BCUT2D eigenvalue weighted by atomic mass is 10.0. The van der Waals surface area contributed by atoms with Crippen LogP contribution < -0.4 is 5.43 Å². The molecule has 6 nitrogen and oxygen atoms in total. The van der Waals surface area contributed by atoms with Gasteiger partial charge in [0.05, 0.1) is 12.5 Å². The van der Waals surface area contributed by atoms with Crippen molar-refractivity contribution in [2.45, 2.75) is 19.8 Å². The van der Waals surface area contributed by atoms with Crippen LogP contribution >= 0.6 is 0 Å². The Kier molecular flexibility index (Phi) is 3.59. The number of fused-ring (bicyclic) bond motifs is 1. The minimum absolute atomic E-state index is 0.531. The van der Waals surface area contributed by atoms with E-state index in [-0.39, 0.29) is 0 Å². The fraction of sp³-hybridized carbons (Fsp3) is 0.200. The molecule has 2 heterocycles. The molecule has 3 rings (SSSR count). The number of anilines is 1. The number of aromatic nitrogens is 4. The summed E-state index contributed by atoms with van der Waals surface area (Å²) < 4.78 is 0. The summed E-state index contributed by atoms with van der Waals surface area (Å²) in [7, 11) is 0. The Labute approximate surface area is 122 Å². The number of H-pyrrole nitrogens is 1. The van der Waals surface area contributed by atoms with E-state index in [0.29, 0.717) is 17.4 Å². The summed E-state index contributed by atoms with van der Waals surface area (Å²) in [6.07, 6.45) is 4.80. The molecule has 0 spiro atoms. The molecule has 21 heavy (non-hydrogen) atoms. The van der Waals surface area contributed by atoms with Crippen molar-refractivity contribution in [2.24, 2.45) is 5.10 Å². The normalized spacial score (nSPS) is 11.6. The van der Waals surface area contributed by atoms with Crippen LogP contribution in [0.25, 0.3) is 11.2 Å². The Morgan fingerprint density at radius 3 is 2.71 bits per heavy atom. The molecule has 0 unspecified atom stereocenters. The smallest absolute Gasteiger partial charge is 0.182 e. The lowest BCUT2D eigenvalue weighted by Gasteiger charge is -2.04. The van der Waals surface area contributed by atoms with Gasteiger partial charge in [-0.1, -0.05) is 38.1 Å². The molecular weight excluding hydrogens is 264 g/mol. The van der Waals surface area contributed by atoms with Crippen molar-refractivity contribution in [3.63, 3.8) is 0 Å². The molecule has 6 heteroatoms. The van der Waals surface area contributed by atoms with E-state index in [1.807, 2.05) is 12.1 Å². The largest absolute Gasteiger partial charge is 0.340 e. The van der Waals surface area contributed by atoms with Crippen LogP contribution in [0.1, 0.15) is 30.9 Å². The maximum atomic E-state index is 4.20. The van der Waals surface area contributed by atoms with Gasteiger partial charge in [0.15, 0.2) is 11.5 Å². The predicted molar refractivity (Wildman–Crippen MR) is 83.4 cm³/mol. The van der Waals surface area contributed by atoms with Gasteiger partial charge in [-0.15, -0.1) is 0 Å². The van der Waals surface area contributed by atoms with Gasteiger partial charge in [-0.25, -0.2) is 15.0 Å². The molecule has 2 aromatic heterocycles. The third-order valence-electron chi connectivity index (χ3n) is 3.21. The van der Waals surface area contributed by atoms with Gasteiger partial charge in [0.1, 0.15) is 11.8 Å². The summed E-state index contributed by atoms with van der Waals surface area (Å²) in [6, 6.07) is 8.33. The van der Waals surface area contributed by atoms with E-state index in [2.05, 4.69) is 56.4 Å². The Hall–Kier alpha value is -2.76. The highest BCUT2D eigenvalue weighted by Crippen LogP contribution is 2.15. The molecule has 0 atom stereocenters. The molecule has 0 radical (unpaired) electrons. The molecule has 0 aliphatic carbocycles. The first-order valence-electron chi connectivity index (χ1n) is 6.77. The van der Waals surface area contributed by atoms with E-state index < -0.39 is 0 Å². The number of nitrogens with one attached hydrogen (secondary N) is 2. The number of hydrogen-bond donors (Lipinski definition) is 2. The van der Waals surface area contributed by atoms with Gasteiger partial charge in [-0.05, 0) is 17.0 Å². The molecule has 1 aromatic carbocycles. The third kappa shape index (κ3) is 2.89. The first-order chi connectivity index (χ1) is 10.2. The average Bonchev–Trinajstić information content (AvgIpc) is 2.97. The molecular formula is C15H16N6. The number of rotatable bonds is 4. The van der Waals surface area contributed by atoms with E-state index in [0.717, 1.165) is 11.1 Å². The zero-order chi connectivity index (χ0) is 14.7. The van der Waals surface area contributed by atoms with Crippen molar-refractivity contribution >= 4 is 23.2 Å². The average molecular weight is 280 g/mol. The second kappa shape index (κ2) is 5.70. The Bertz CT molecular complexity index is 757. The van der Waals surface area contributed by atoms with Crippen LogP contribution in [-0.4, -0.2) is 26.2 Å². The lowest BCUT2D eigenvalue weighted by molar-refractivity contribution is 0.866. The monoisotopic (exact) mass is 280 g/mol. The quantitative estimate of drug-likeness (QED) is 0.569. The number of imidazole rings is 1. The predicted octanol–water partition coefficient (Wildman–Crippen LogP) is 2.92. The van der Waals surface area contributed by atoms with Crippen molar-refractivity contribution in [3.05, 3.63) is 48.0 Å². The molecule has 106 valence electrons. The van der Waals surface area contributed by atoms with Gasteiger partial charge >= 0.3 is 0 Å². The highest BCUT2D eigenvalue weighted by atomic mass is 15.3. The number of hydrogen-bond acceptors (Lipinski definition) is 5. The molecule has 0 fully saturated rings. The fourth-order valence-corrected chi connectivity index (χ4v) is 1.98. The number of nitrogens with zero attached hydrogens (tertiary/aromatic N) is 4. The molecule has 3 aromatic rings. The van der Waals surface area contributed by atoms with Crippen LogP contribution in [0.5, 0.6) is 0 Å². The molecule has 0 bridgehead atoms. The van der Waals surface area contributed by atoms with Crippen molar-refractivity contribution in [1.82, 2.24) is 19.9 Å². The van der Waals surface area contributed by atoms with Gasteiger partial charge < -0.3 is 4.98 Å².